The molecule has 5 aromatic carbocycles. The summed E-state index contributed by atoms with van der Waals surface area (Å²) in [5.41, 5.74) is 8.04. The number of methoxy groups -OCH3 is 2. The Morgan fingerprint density at radius 2 is 0.816 bits per heavy atom. The molecule has 0 unspecified atom stereocenters. The monoisotopic (exact) mass is 490 g/mol. The molecule has 182 valence electrons. The zero-order valence-corrected chi connectivity index (χ0v) is 21.4. The summed E-state index contributed by atoms with van der Waals surface area (Å²) < 4.78 is 10.6. The van der Waals surface area contributed by atoms with Gasteiger partial charge in [-0.25, -0.2) is 0 Å². The Morgan fingerprint density at radius 3 is 1.18 bits per heavy atom. The van der Waals surface area contributed by atoms with E-state index in [-0.39, 0.29) is 0 Å². The second-order valence-corrected chi connectivity index (χ2v) is 8.63. The third-order valence-electron chi connectivity index (χ3n) is 6.19. The summed E-state index contributed by atoms with van der Waals surface area (Å²) >= 11 is 0. The van der Waals surface area contributed by atoms with Crippen LogP contribution in [0.15, 0.2) is 121 Å². The first-order valence-corrected chi connectivity index (χ1v) is 12.3. The molecule has 0 spiro atoms. The third-order valence-corrected chi connectivity index (χ3v) is 6.19. The van der Waals surface area contributed by atoms with E-state index in [0.29, 0.717) is 0 Å². The van der Waals surface area contributed by atoms with Gasteiger partial charge in [-0.1, -0.05) is 84.3 Å². The molecule has 5 rings (SSSR count). The smallest absolute Gasteiger partial charge is 0.118 e. The fraction of sp³-hybridized carbons (Fsp3) is 0.0556. The first kappa shape index (κ1) is 24.5. The van der Waals surface area contributed by atoms with Gasteiger partial charge in [-0.2, -0.15) is 0 Å². The zero-order chi connectivity index (χ0) is 26.2. The molecule has 0 radical (unpaired) electrons. The average Bonchev–Trinajstić information content (AvgIpc) is 3.00. The van der Waals surface area contributed by atoms with Crippen molar-refractivity contribution >= 4 is 0 Å². The molecule has 0 heterocycles. The Hall–Kier alpha value is -5.18. The fourth-order valence-corrected chi connectivity index (χ4v) is 4.15. The van der Waals surface area contributed by atoms with Gasteiger partial charge in [-0.05, 0) is 82.9 Å². The molecule has 0 aliphatic carbocycles. The highest BCUT2D eigenvalue weighted by molar-refractivity contribution is 5.82. The van der Waals surface area contributed by atoms with Crippen LogP contribution in [-0.4, -0.2) is 14.2 Å². The van der Waals surface area contributed by atoms with Crippen molar-refractivity contribution in [3.8, 4) is 57.4 Å². The van der Waals surface area contributed by atoms with Gasteiger partial charge in [-0.3, -0.25) is 0 Å². The van der Waals surface area contributed by atoms with Crippen LogP contribution in [0.25, 0.3) is 22.3 Å². The van der Waals surface area contributed by atoms with Gasteiger partial charge in [0.05, 0.1) is 14.2 Å². The van der Waals surface area contributed by atoms with Crippen molar-refractivity contribution in [2.24, 2.45) is 0 Å². The lowest BCUT2D eigenvalue weighted by Crippen LogP contribution is -1.92. The molecule has 0 fully saturated rings. The summed E-state index contributed by atoms with van der Waals surface area (Å²) in [6.45, 7) is 0. The number of ether oxygens (including phenoxy) is 2. The van der Waals surface area contributed by atoms with Crippen LogP contribution in [0.4, 0.5) is 0 Å². The largest absolute Gasteiger partial charge is 0.497 e. The Bertz CT molecular complexity index is 1520. The van der Waals surface area contributed by atoms with E-state index < -0.39 is 0 Å². The second kappa shape index (κ2) is 11.7. The van der Waals surface area contributed by atoms with Crippen LogP contribution >= 0.6 is 0 Å². The molecule has 0 saturated carbocycles. The van der Waals surface area contributed by atoms with Crippen molar-refractivity contribution in [3.63, 3.8) is 0 Å². The topological polar surface area (TPSA) is 18.5 Å². The molecule has 2 heteroatoms. The van der Waals surface area contributed by atoms with Gasteiger partial charge in [0, 0.05) is 22.3 Å². The van der Waals surface area contributed by atoms with Crippen molar-refractivity contribution < 1.29 is 9.47 Å². The van der Waals surface area contributed by atoms with E-state index in [1.807, 2.05) is 60.7 Å². The highest BCUT2D eigenvalue weighted by Gasteiger charge is 2.11. The van der Waals surface area contributed by atoms with Crippen LogP contribution in [0.3, 0.4) is 0 Å². The molecule has 0 amide bonds. The molecule has 5 aromatic rings. The first-order valence-electron chi connectivity index (χ1n) is 12.3. The average molecular weight is 491 g/mol. The Kier molecular flexibility index (Phi) is 7.55. The molecule has 0 saturated heterocycles. The van der Waals surface area contributed by atoms with Crippen LogP contribution in [0, 0.1) is 23.7 Å². The lowest BCUT2D eigenvalue weighted by Gasteiger charge is -2.12. The van der Waals surface area contributed by atoms with E-state index in [1.165, 1.54) is 0 Å². The molecule has 38 heavy (non-hydrogen) atoms. The van der Waals surface area contributed by atoms with E-state index in [9.17, 15) is 0 Å². The van der Waals surface area contributed by atoms with Crippen molar-refractivity contribution in [1.29, 1.82) is 0 Å². The molecule has 0 aliphatic rings. The minimum atomic E-state index is 0.809. The van der Waals surface area contributed by atoms with Crippen molar-refractivity contribution in [2.75, 3.05) is 14.2 Å². The molecule has 0 atom stereocenters. The minimum Gasteiger partial charge on any atom is -0.497 e. The molecule has 2 nitrogen and oxygen atoms in total. The molecule has 0 N–H and O–H groups in total. The Balaban J connectivity index is 1.67. The van der Waals surface area contributed by atoms with Crippen molar-refractivity contribution in [3.05, 3.63) is 144 Å². The summed E-state index contributed by atoms with van der Waals surface area (Å²) in [5.74, 6) is 15.1. The molecule has 0 bridgehead atoms. The zero-order valence-electron chi connectivity index (χ0n) is 21.4. The van der Waals surface area contributed by atoms with Gasteiger partial charge in [0.15, 0.2) is 0 Å². The highest BCUT2D eigenvalue weighted by atomic mass is 16.5. The van der Waals surface area contributed by atoms with E-state index >= 15 is 0 Å². The highest BCUT2D eigenvalue weighted by Crippen LogP contribution is 2.32. The fourth-order valence-electron chi connectivity index (χ4n) is 4.15. The van der Waals surface area contributed by atoms with Crippen LogP contribution < -0.4 is 9.47 Å². The predicted octanol–water partition coefficient (Wildman–Crippen LogP) is 7.84. The van der Waals surface area contributed by atoms with Crippen LogP contribution in [0.5, 0.6) is 11.5 Å². The van der Waals surface area contributed by atoms with E-state index in [0.717, 1.165) is 56.0 Å². The van der Waals surface area contributed by atoms with E-state index in [4.69, 9.17) is 9.47 Å². The predicted molar refractivity (Wildman–Crippen MR) is 155 cm³/mol. The first-order chi connectivity index (χ1) is 18.7. The summed E-state index contributed by atoms with van der Waals surface area (Å²) in [4.78, 5) is 0. The third kappa shape index (κ3) is 5.79. The van der Waals surface area contributed by atoms with Crippen LogP contribution in [-0.2, 0) is 0 Å². The maximum atomic E-state index is 5.29. The standard InChI is InChI=1S/C36H26O2/c1-37-33-21-15-27(16-22-33)13-19-31-25-32(20-14-28-17-23-34(38-2)24-18-28)36(30-11-7-4-8-12-30)26-35(31)29-9-5-3-6-10-29/h3-12,15-18,21-26H,1-2H3. The number of rotatable bonds is 4. The Morgan fingerprint density at radius 1 is 0.421 bits per heavy atom. The van der Waals surface area contributed by atoms with Gasteiger partial charge < -0.3 is 9.47 Å². The number of benzene rings is 5. The van der Waals surface area contributed by atoms with Gasteiger partial charge in [-0.15, -0.1) is 0 Å². The minimum absolute atomic E-state index is 0.809. The quantitative estimate of drug-likeness (QED) is 0.239. The SMILES string of the molecule is COc1ccc(C#Cc2cc(C#Cc3ccc(OC)cc3)c(-c3ccccc3)cc2-c2ccccc2)cc1. The number of hydrogen-bond acceptors (Lipinski definition) is 2. The number of hydrogen-bond donors (Lipinski definition) is 0. The normalized spacial score (nSPS) is 9.95. The summed E-state index contributed by atoms with van der Waals surface area (Å²) in [5, 5.41) is 0. The van der Waals surface area contributed by atoms with Crippen LogP contribution in [0.2, 0.25) is 0 Å². The summed E-state index contributed by atoms with van der Waals surface area (Å²) in [6, 6.07) is 40.6. The Labute approximate surface area is 224 Å². The molecule has 0 aromatic heterocycles. The lowest BCUT2D eigenvalue weighted by atomic mass is 9.90. The molecule has 0 aliphatic heterocycles. The van der Waals surface area contributed by atoms with Crippen LogP contribution in [0.1, 0.15) is 22.3 Å². The second-order valence-electron chi connectivity index (χ2n) is 8.63. The summed E-state index contributed by atoms with van der Waals surface area (Å²) in [6.07, 6.45) is 0. The lowest BCUT2D eigenvalue weighted by molar-refractivity contribution is 0.414. The van der Waals surface area contributed by atoms with Crippen molar-refractivity contribution in [1.82, 2.24) is 0 Å². The van der Waals surface area contributed by atoms with Crippen molar-refractivity contribution in [2.45, 2.75) is 0 Å². The van der Waals surface area contributed by atoms with E-state index in [2.05, 4.69) is 84.3 Å². The molecular weight excluding hydrogens is 464 g/mol. The van der Waals surface area contributed by atoms with Gasteiger partial charge >= 0.3 is 0 Å². The summed E-state index contributed by atoms with van der Waals surface area (Å²) in [7, 11) is 3.32. The maximum Gasteiger partial charge on any atom is 0.118 e. The molecular formula is C36H26O2. The van der Waals surface area contributed by atoms with E-state index in [1.54, 1.807) is 14.2 Å². The van der Waals surface area contributed by atoms with Gasteiger partial charge in [0.25, 0.3) is 0 Å². The van der Waals surface area contributed by atoms with Gasteiger partial charge in [0.2, 0.25) is 0 Å². The maximum absolute atomic E-state index is 5.29. The van der Waals surface area contributed by atoms with Gasteiger partial charge in [0.1, 0.15) is 11.5 Å².